The molecule has 1 heterocycles. The maximum absolute atomic E-state index is 12.7. The first-order valence-corrected chi connectivity index (χ1v) is 10.7. The topological polar surface area (TPSA) is 102 Å². The van der Waals surface area contributed by atoms with E-state index in [9.17, 15) is 13.2 Å². The number of nitrogens with two attached hydrogens (primary N) is 1. The number of benzene rings is 2. The summed E-state index contributed by atoms with van der Waals surface area (Å²) in [6.07, 6.45) is 0.846. The maximum Gasteiger partial charge on any atom is 0.255 e. The average molecular weight is 404 g/mol. The van der Waals surface area contributed by atoms with Crippen LogP contribution in [0.15, 0.2) is 47.4 Å². The van der Waals surface area contributed by atoms with Gasteiger partial charge in [0.2, 0.25) is 10.0 Å². The lowest BCUT2D eigenvalue weighted by atomic mass is 9.94. The number of methoxy groups -OCH3 is 1. The second kappa shape index (κ2) is 8.30. The number of carbonyl (C=O) groups excluding carboxylic acids is 1. The number of primary sulfonamides is 1. The van der Waals surface area contributed by atoms with Crippen molar-refractivity contribution in [3.8, 4) is 5.75 Å². The molecule has 0 radical (unpaired) electrons. The number of carbonyl (C=O) groups is 1. The van der Waals surface area contributed by atoms with E-state index in [1.54, 1.807) is 0 Å². The highest BCUT2D eigenvalue weighted by Gasteiger charge is 2.26. The molecule has 1 aliphatic heterocycles. The zero-order valence-electron chi connectivity index (χ0n) is 16.0. The summed E-state index contributed by atoms with van der Waals surface area (Å²) >= 11 is 0. The molecule has 1 amide bonds. The number of ether oxygens (including phenoxy) is 1. The Hall–Kier alpha value is -2.42. The van der Waals surface area contributed by atoms with Crippen molar-refractivity contribution in [1.29, 1.82) is 0 Å². The molecule has 0 saturated carbocycles. The lowest BCUT2D eigenvalue weighted by Gasteiger charge is -2.36. The molecule has 0 fully saturated rings. The van der Waals surface area contributed by atoms with Crippen LogP contribution < -0.4 is 15.2 Å². The van der Waals surface area contributed by atoms with Crippen LogP contribution in [0.1, 0.15) is 28.4 Å². The van der Waals surface area contributed by atoms with Crippen LogP contribution in [0, 0.1) is 0 Å². The summed E-state index contributed by atoms with van der Waals surface area (Å²) in [6, 6.07) is 12.5. The van der Waals surface area contributed by atoms with Crippen molar-refractivity contribution in [2.24, 2.45) is 5.14 Å². The van der Waals surface area contributed by atoms with E-state index < -0.39 is 15.9 Å². The van der Waals surface area contributed by atoms with Gasteiger partial charge in [-0.05, 0) is 42.3 Å². The van der Waals surface area contributed by atoms with Crippen molar-refractivity contribution in [3.05, 3.63) is 59.2 Å². The third-order valence-corrected chi connectivity index (χ3v) is 6.02. The van der Waals surface area contributed by atoms with Gasteiger partial charge >= 0.3 is 0 Å². The highest BCUT2D eigenvalue weighted by molar-refractivity contribution is 7.89. The molecule has 0 bridgehead atoms. The molecule has 0 aliphatic carbocycles. The minimum Gasteiger partial charge on any atom is -0.496 e. The highest BCUT2D eigenvalue weighted by atomic mass is 32.2. The molecular weight excluding hydrogens is 378 g/mol. The minimum atomic E-state index is -3.91. The summed E-state index contributed by atoms with van der Waals surface area (Å²) < 4.78 is 28.4. The normalized spacial score (nSPS) is 17.0. The molecule has 0 aromatic heterocycles. The predicted octanol–water partition coefficient (Wildman–Crippen LogP) is 1.52. The summed E-state index contributed by atoms with van der Waals surface area (Å²) in [5, 5.41) is 8.10. The summed E-state index contributed by atoms with van der Waals surface area (Å²) in [5.74, 6) is -0.0940. The van der Waals surface area contributed by atoms with Crippen LogP contribution in [0.25, 0.3) is 0 Å². The highest BCUT2D eigenvalue weighted by Crippen LogP contribution is 2.24. The zero-order valence-corrected chi connectivity index (χ0v) is 16.8. The summed E-state index contributed by atoms with van der Waals surface area (Å²) in [6.45, 7) is 4.27. The van der Waals surface area contributed by atoms with E-state index in [-0.39, 0.29) is 16.5 Å². The summed E-state index contributed by atoms with van der Waals surface area (Å²) in [4.78, 5) is 14.9. The second-order valence-electron chi connectivity index (χ2n) is 6.81. The Morgan fingerprint density at radius 2 is 1.96 bits per heavy atom. The van der Waals surface area contributed by atoms with Gasteiger partial charge in [-0.3, -0.25) is 9.69 Å². The van der Waals surface area contributed by atoms with E-state index in [0.29, 0.717) is 12.3 Å². The average Bonchev–Trinajstić information content (AvgIpc) is 2.69. The van der Waals surface area contributed by atoms with E-state index in [1.807, 2.05) is 12.1 Å². The van der Waals surface area contributed by atoms with Crippen LogP contribution in [0.4, 0.5) is 0 Å². The Bertz CT molecular complexity index is 975. The largest absolute Gasteiger partial charge is 0.496 e. The quantitative estimate of drug-likeness (QED) is 0.761. The predicted molar refractivity (Wildman–Crippen MR) is 107 cm³/mol. The SMILES string of the molecule is CCN1Cc2ccccc2C[C@@H]1CNC(=O)c1cc(S(N)(=O)=O)ccc1OC. The van der Waals surface area contributed by atoms with Gasteiger partial charge in [0.25, 0.3) is 5.91 Å². The molecule has 8 heteroatoms. The lowest BCUT2D eigenvalue weighted by molar-refractivity contribution is 0.0924. The van der Waals surface area contributed by atoms with Crippen molar-refractivity contribution < 1.29 is 17.9 Å². The minimum absolute atomic E-state index is 0.125. The molecule has 0 spiro atoms. The number of sulfonamides is 1. The lowest BCUT2D eigenvalue weighted by Crippen LogP contribution is -2.47. The molecule has 7 nitrogen and oxygen atoms in total. The number of fused-ring (bicyclic) bond motifs is 1. The van der Waals surface area contributed by atoms with Crippen molar-refractivity contribution in [3.63, 3.8) is 0 Å². The molecule has 0 unspecified atom stereocenters. The van der Waals surface area contributed by atoms with Crippen molar-refractivity contribution in [1.82, 2.24) is 10.2 Å². The van der Waals surface area contributed by atoms with Gasteiger partial charge in [-0.1, -0.05) is 31.2 Å². The fourth-order valence-corrected chi connectivity index (χ4v) is 4.10. The van der Waals surface area contributed by atoms with E-state index in [1.165, 1.54) is 36.4 Å². The third kappa shape index (κ3) is 4.35. The first kappa shape index (κ1) is 20.3. The number of hydrogen-bond acceptors (Lipinski definition) is 5. The Balaban J connectivity index is 1.77. The number of rotatable bonds is 6. The second-order valence-corrected chi connectivity index (χ2v) is 8.37. The number of nitrogens with zero attached hydrogens (tertiary/aromatic N) is 1. The van der Waals surface area contributed by atoms with Gasteiger partial charge in [0.05, 0.1) is 17.6 Å². The number of hydrogen-bond donors (Lipinski definition) is 2. The van der Waals surface area contributed by atoms with Crippen molar-refractivity contribution >= 4 is 15.9 Å². The van der Waals surface area contributed by atoms with E-state index in [2.05, 4.69) is 29.3 Å². The number of amides is 1. The molecule has 2 aromatic carbocycles. The Kier molecular flexibility index (Phi) is 6.02. The van der Waals surface area contributed by atoms with Gasteiger partial charge in [0, 0.05) is 19.1 Å². The molecule has 150 valence electrons. The molecule has 3 N–H and O–H groups in total. The van der Waals surface area contributed by atoms with Gasteiger partial charge in [-0.2, -0.15) is 0 Å². The smallest absolute Gasteiger partial charge is 0.255 e. The Morgan fingerprint density at radius 1 is 1.25 bits per heavy atom. The van der Waals surface area contributed by atoms with Crippen molar-refractivity contribution in [2.45, 2.75) is 30.8 Å². The van der Waals surface area contributed by atoms with Gasteiger partial charge in [0.15, 0.2) is 0 Å². The molecular formula is C20H25N3O4S. The number of likely N-dealkylation sites (N-methyl/N-ethyl adjacent to an activating group) is 1. The summed E-state index contributed by atoms with van der Waals surface area (Å²) in [7, 11) is -2.48. The van der Waals surface area contributed by atoms with E-state index in [0.717, 1.165) is 19.5 Å². The zero-order chi connectivity index (χ0) is 20.3. The molecule has 1 aliphatic rings. The first-order valence-electron chi connectivity index (χ1n) is 9.13. The standard InChI is InChI=1S/C20H25N3O4S/c1-3-23-13-15-7-5-4-6-14(15)10-16(23)12-22-20(24)18-11-17(28(21,25)26)8-9-19(18)27-2/h4-9,11,16H,3,10,12-13H2,1-2H3,(H,22,24)(H2,21,25,26)/t16-/m1/s1. The Labute approximate surface area is 165 Å². The fraction of sp³-hybridized carbons (Fsp3) is 0.350. The first-order chi connectivity index (χ1) is 13.3. The summed E-state index contributed by atoms with van der Waals surface area (Å²) in [5.41, 5.74) is 2.75. The fourth-order valence-electron chi connectivity index (χ4n) is 3.56. The van der Waals surface area contributed by atoms with E-state index >= 15 is 0 Å². The van der Waals surface area contributed by atoms with Crippen LogP contribution >= 0.6 is 0 Å². The van der Waals surface area contributed by atoms with Gasteiger partial charge in [-0.15, -0.1) is 0 Å². The van der Waals surface area contributed by atoms with Crippen LogP contribution in [0.2, 0.25) is 0 Å². The van der Waals surface area contributed by atoms with Crippen LogP contribution in [-0.4, -0.2) is 45.5 Å². The molecule has 1 atom stereocenters. The van der Waals surface area contributed by atoms with Gasteiger partial charge in [0.1, 0.15) is 5.75 Å². The van der Waals surface area contributed by atoms with Gasteiger partial charge < -0.3 is 10.1 Å². The van der Waals surface area contributed by atoms with Gasteiger partial charge in [-0.25, -0.2) is 13.6 Å². The maximum atomic E-state index is 12.7. The Morgan fingerprint density at radius 3 is 2.61 bits per heavy atom. The molecule has 0 saturated heterocycles. The molecule has 3 rings (SSSR count). The third-order valence-electron chi connectivity index (χ3n) is 5.11. The van der Waals surface area contributed by atoms with E-state index in [4.69, 9.17) is 9.88 Å². The monoisotopic (exact) mass is 403 g/mol. The van der Waals surface area contributed by atoms with Crippen LogP contribution in [0.5, 0.6) is 5.75 Å². The van der Waals surface area contributed by atoms with Crippen LogP contribution in [-0.2, 0) is 23.0 Å². The molecule has 2 aromatic rings. The molecule has 28 heavy (non-hydrogen) atoms. The van der Waals surface area contributed by atoms with Crippen LogP contribution in [0.3, 0.4) is 0 Å². The van der Waals surface area contributed by atoms with Crippen molar-refractivity contribution in [2.75, 3.05) is 20.2 Å². The number of nitrogens with one attached hydrogen (secondary N) is 1.